The van der Waals surface area contributed by atoms with Crippen LogP contribution in [-0.4, -0.2) is 117 Å². The lowest BCUT2D eigenvalue weighted by atomic mass is 9.96. The zero-order chi connectivity index (χ0) is 47.1. The number of ether oxygens (including phenoxy) is 2. The standard InChI is InChI=1S/C47H60F3N9O7/c1-26(29-18-30(47(48,49)50)20-31(51)19-29)53-42-33-21-38(37(65-4)22-35(33)54-27(2)55-42)66-25-46(13-14-46)24-57(3)40(61)12-17-58-15-10-28(11-16-58)23-52-34-7-5-6-32-41(34)45(64)59(44(32)63)36-8-9-39(60)56-43(36)62/h5-7,18-22,26,28,36,39,43,52,56,60,62-64H,8-17,23-25,51H2,1-4H3,(H,53,54,55)/t26-,36?,39?,43?/m1/s1. The molecule has 3 unspecified atom stereocenters. The van der Waals surface area contributed by atoms with Crippen LogP contribution in [0.4, 0.5) is 30.4 Å². The second kappa shape index (κ2) is 18.9. The zero-order valence-electron chi connectivity index (χ0n) is 37.7. The Morgan fingerprint density at radius 1 is 1.03 bits per heavy atom. The fourth-order valence-electron chi connectivity index (χ4n) is 9.41. The molecule has 2 saturated heterocycles. The average molecular weight is 920 g/mol. The Hall–Kier alpha value is -5.76. The summed E-state index contributed by atoms with van der Waals surface area (Å²) in [5.41, 5.74) is 6.41. The molecular weight excluding hydrogens is 860 g/mol. The first-order chi connectivity index (χ1) is 31.4. The smallest absolute Gasteiger partial charge is 0.416 e. The molecule has 0 spiro atoms. The van der Waals surface area contributed by atoms with Gasteiger partial charge < -0.3 is 56.1 Å². The van der Waals surface area contributed by atoms with Crippen molar-refractivity contribution < 1.29 is 47.9 Å². The number of aliphatic hydroxyl groups excluding tert-OH is 2. The third-order valence-electron chi connectivity index (χ3n) is 13.5. The van der Waals surface area contributed by atoms with E-state index in [2.05, 4.69) is 30.8 Å². The highest BCUT2D eigenvalue weighted by Gasteiger charge is 2.45. The lowest BCUT2D eigenvalue weighted by Crippen LogP contribution is -2.47. The number of amides is 1. The highest BCUT2D eigenvalue weighted by molar-refractivity contribution is 6.02. The number of carbonyl (C=O) groups excluding carboxylic acids is 1. The molecule has 1 saturated carbocycles. The van der Waals surface area contributed by atoms with Crippen LogP contribution < -0.4 is 31.2 Å². The molecule has 2 aliphatic heterocycles. The van der Waals surface area contributed by atoms with Crippen LogP contribution in [0.25, 0.3) is 21.7 Å². The number of alkyl halides is 3. The number of aliphatic hydroxyl groups is 2. The molecule has 1 aliphatic carbocycles. The molecule has 9 N–H and O–H groups in total. The number of benzene rings is 3. The van der Waals surface area contributed by atoms with Gasteiger partial charge in [-0.3, -0.25) is 14.7 Å². The molecule has 19 heteroatoms. The van der Waals surface area contributed by atoms with Crippen molar-refractivity contribution in [3.05, 3.63) is 65.5 Å². The SMILES string of the molecule is COc1cc2nc(C)nc(N[C@H](C)c3cc(N)cc(C(F)(F)F)c3)c2cc1OCC1(CN(C)C(=O)CCN2CCC(CNc3cccc4c(O)n(C5CCC(O)NC5O)c(O)c34)CC2)CC1. The molecule has 16 nitrogen and oxygen atoms in total. The van der Waals surface area contributed by atoms with Crippen molar-refractivity contribution >= 4 is 44.8 Å². The first kappa shape index (κ1) is 46.8. The van der Waals surface area contributed by atoms with E-state index in [0.29, 0.717) is 107 Å². The molecule has 3 aliphatic rings. The van der Waals surface area contributed by atoms with Gasteiger partial charge in [-0.1, -0.05) is 6.07 Å². The first-order valence-electron chi connectivity index (χ1n) is 22.5. The molecule has 8 rings (SSSR count). The molecule has 0 bridgehead atoms. The number of rotatable bonds is 16. The van der Waals surface area contributed by atoms with Crippen molar-refractivity contribution in [2.24, 2.45) is 11.3 Å². The molecule has 4 heterocycles. The minimum Gasteiger partial charge on any atom is -0.494 e. The van der Waals surface area contributed by atoms with Crippen LogP contribution in [0.3, 0.4) is 0 Å². The lowest BCUT2D eigenvalue weighted by Gasteiger charge is -2.33. The van der Waals surface area contributed by atoms with E-state index in [9.17, 15) is 38.4 Å². The number of anilines is 3. The van der Waals surface area contributed by atoms with Crippen LogP contribution in [0, 0.1) is 18.3 Å². The molecule has 356 valence electrons. The fraction of sp³-hybridized carbons (Fsp3) is 0.511. The van der Waals surface area contributed by atoms with E-state index in [1.165, 1.54) is 17.7 Å². The normalized spacial score (nSPS) is 20.6. The van der Waals surface area contributed by atoms with E-state index in [1.54, 1.807) is 36.9 Å². The number of aromatic hydroxyl groups is 2. The topological polar surface area (TPSA) is 216 Å². The van der Waals surface area contributed by atoms with Gasteiger partial charge in [0.15, 0.2) is 11.5 Å². The third-order valence-corrected chi connectivity index (χ3v) is 13.5. The van der Waals surface area contributed by atoms with E-state index in [1.807, 2.05) is 19.2 Å². The van der Waals surface area contributed by atoms with E-state index in [-0.39, 0.29) is 28.8 Å². The molecule has 0 radical (unpaired) electrons. The Bertz CT molecular complexity index is 2560. The second-order valence-corrected chi connectivity index (χ2v) is 18.4. The predicted octanol–water partition coefficient (Wildman–Crippen LogP) is 6.48. The number of likely N-dealkylation sites (tertiary alicyclic amines) is 1. The van der Waals surface area contributed by atoms with Crippen LogP contribution in [0.15, 0.2) is 48.5 Å². The first-order valence-corrected chi connectivity index (χ1v) is 22.5. The molecule has 5 aromatic rings. The van der Waals surface area contributed by atoms with Gasteiger partial charge >= 0.3 is 6.18 Å². The van der Waals surface area contributed by atoms with Gasteiger partial charge in [-0.15, -0.1) is 0 Å². The fourth-order valence-corrected chi connectivity index (χ4v) is 9.41. The molecule has 1 amide bonds. The number of halogens is 3. The maximum Gasteiger partial charge on any atom is 0.416 e. The van der Waals surface area contributed by atoms with E-state index >= 15 is 0 Å². The van der Waals surface area contributed by atoms with Gasteiger partial charge in [0.05, 0.1) is 42.3 Å². The number of piperidine rings is 2. The van der Waals surface area contributed by atoms with E-state index < -0.39 is 36.3 Å². The summed E-state index contributed by atoms with van der Waals surface area (Å²) in [5.74, 6) is 1.94. The number of aromatic nitrogens is 3. The highest BCUT2D eigenvalue weighted by atomic mass is 19.4. The molecule has 2 aromatic heterocycles. The predicted molar refractivity (Wildman–Crippen MR) is 244 cm³/mol. The van der Waals surface area contributed by atoms with E-state index in [4.69, 9.17) is 15.2 Å². The Morgan fingerprint density at radius 3 is 2.48 bits per heavy atom. The Balaban J connectivity index is 0.826. The molecular formula is C47H60F3N9O7. The number of hydrogen-bond acceptors (Lipinski definition) is 14. The van der Waals surface area contributed by atoms with E-state index in [0.717, 1.165) is 50.9 Å². The summed E-state index contributed by atoms with van der Waals surface area (Å²) in [4.78, 5) is 26.7. The quantitative estimate of drug-likeness (QED) is 0.0498. The second-order valence-electron chi connectivity index (χ2n) is 18.4. The number of hydrogen-bond donors (Lipinski definition) is 8. The van der Waals surface area contributed by atoms with Gasteiger partial charge in [0.25, 0.3) is 0 Å². The van der Waals surface area contributed by atoms with Gasteiger partial charge in [0.2, 0.25) is 17.7 Å². The van der Waals surface area contributed by atoms with Crippen LogP contribution >= 0.6 is 0 Å². The van der Waals surface area contributed by atoms with Gasteiger partial charge in [-0.05, 0) is 113 Å². The molecule has 3 fully saturated rings. The van der Waals surface area contributed by atoms with Crippen molar-refractivity contribution in [1.82, 2.24) is 29.7 Å². The number of nitrogens with one attached hydrogen (secondary N) is 3. The maximum absolute atomic E-state index is 13.6. The van der Waals surface area contributed by atoms with Crippen molar-refractivity contribution in [2.45, 2.75) is 89.5 Å². The van der Waals surface area contributed by atoms with Crippen molar-refractivity contribution in [3.63, 3.8) is 0 Å². The number of fused-ring (bicyclic) bond motifs is 2. The van der Waals surface area contributed by atoms with Crippen LogP contribution in [0.2, 0.25) is 0 Å². The minimum atomic E-state index is -4.55. The number of methoxy groups -OCH3 is 1. The average Bonchev–Trinajstić information content (AvgIpc) is 4.00. The summed E-state index contributed by atoms with van der Waals surface area (Å²) in [6.07, 6.45) is -1.77. The summed E-state index contributed by atoms with van der Waals surface area (Å²) in [6, 6.07) is 11.2. The van der Waals surface area contributed by atoms with Crippen molar-refractivity contribution in [3.8, 4) is 23.3 Å². The Labute approximate surface area is 380 Å². The highest BCUT2D eigenvalue weighted by Crippen LogP contribution is 2.48. The number of nitrogens with zero attached hydrogens (tertiary/aromatic N) is 5. The van der Waals surface area contributed by atoms with Crippen molar-refractivity contribution in [1.29, 1.82) is 0 Å². The summed E-state index contributed by atoms with van der Waals surface area (Å²) >= 11 is 0. The number of carbonyl (C=O) groups is 1. The minimum absolute atomic E-state index is 0.00599. The van der Waals surface area contributed by atoms with Gasteiger partial charge in [-0.2, -0.15) is 13.2 Å². The molecule has 4 atom stereocenters. The number of aryl methyl sites for hydroxylation is 1. The maximum atomic E-state index is 13.6. The van der Waals surface area contributed by atoms with Gasteiger partial charge in [0.1, 0.15) is 24.1 Å². The van der Waals surface area contributed by atoms with Crippen LogP contribution in [-0.2, 0) is 11.0 Å². The van der Waals surface area contributed by atoms with Gasteiger partial charge in [-0.25, -0.2) is 9.97 Å². The largest absolute Gasteiger partial charge is 0.494 e. The monoisotopic (exact) mass is 919 g/mol. The summed E-state index contributed by atoms with van der Waals surface area (Å²) in [7, 11) is 3.37. The molecule has 3 aromatic carbocycles. The summed E-state index contributed by atoms with van der Waals surface area (Å²) in [6.45, 7) is 7.36. The zero-order valence-corrected chi connectivity index (χ0v) is 37.7. The number of nitrogens with two attached hydrogens (primary N) is 1. The summed E-state index contributed by atoms with van der Waals surface area (Å²) < 4.78 is 54.2. The van der Waals surface area contributed by atoms with Crippen molar-refractivity contribution in [2.75, 3.05) is 69.9 Å². The third kappa shape index (κ3) is 10.1. The Kier molecular flexibility index (Phi) is 13.4. The van der Waals surface area contributed by atoms with Crippen LogP contribution in [0.1, 0.15) is 80.9 Å². The summed E-state index contributed by atoms with van der Waals surface area (Å²) in [5, 5.41) is 53.7. The molecule has 66 heavy (non-hydrogen) atoms. The number of nitrogen functional groups attached to an aromatic ring is 1. The Morgan fingerprint density at radius 2 is 1.79 bits per heavy atom. The lowest BCUT2D eigenvalue weighted by molar-refractivity contribution is -0.137. The van der Waals surface area contributed by atoms with Gasteiger partial charge in [0, 0.05) is 66.7 Å². The van der Waals surface area contributed by atoms with Crippen LogP contribution in [0.5, 0.6) is 23.3 Å².